The van der Waals surface area contributed by atoms with Crippen LogP contribution in [-0.2, 0) is 9.47 Å². The van der Waals surface area contributed by atoms with Gasteiger partial charge in [-0.05, 0) is 0 Å². The number of aliphatic hydroxyl groups excluding tert-OH is 1. The lowest BCUT2D eigenvalue weighted by molar-refractivity contribution is -0.0979. The molecule has 0 saturated carbocycles. The molecule has 3 rings (SSSR count). The standard InChI is InChI=1S/C9H10ClN5O3/c10-7-6-8(14-9(11)13-7)12-3-15(6)4-2-17-5(1-16)18-4/h3-5,16H,1-2H2,(H2,11,13,14)/t4-,5-/m1/s1. The summed E-state index contributed by atoms with van der Waals surface area (Å²) in [6, 6.07) is 0. The van der Waals surface area contributed by atoms with E-state index in [4.69, 9.17) is 31.9 Å². The number of aromatic nitrogens is 4. The molecular formula is C9H10ClN5O3. The molecule has 0 amide bonds. The monoisotopic (exact) mass is 271 g/mol. The van der Waals surface area contributed by atoms with Crippen molar-refractivity contribution in [1.82, 2.24) is 19.5 Å². The largest absolute Gasteiger partial charge is 0.391 e. The quantitative estimate of drug-likeness (QED) is 0.736. The molecule has 9 heteroatoms. The highest BCUT2D eigenvalue weighted by Crippen LogP contribution is 2.28. The molecule has 1 saturated heterocycles. The summed E-state index contributed by atoms with van der Waals surface area (Å²) >= 11 is 6.02. The Kier molecular flexibility index (Phi) is 2.78. The van der Waals surface area contributed by atoms with Crippen LogP contribution in [0.25, 0.3) is 11.2 Å². The smallest absolute Gasteiger partial charge is 0.223 e. The number of hydrogen-bond acceptors (Lipinski definition) is 7. The van der Waals surface area contributed by atoms with E-state index < -0.39 is 12.5 Å². The zero-order valence-electron chi connectivity index (χ0n) is 9.15. The summed E-state index contributed by atoms with van der Waals surface area (Å²) in [5, 5.41) is 9.14. The summed E-state index contributed by atoms with van der Waals surface area (Å²) in [5.41, 5.74) is 6.40. The van der Waals surface area contributed by atoms with Gasteiger partial charge in [-0.2, -0.15) is 9.97 Å². The molecule has 3 N–H and O–H groups in total. The van der Waals surface area contributed by atoms with Crippen LogP contribution in [0.2, 0.25) is 5.15 Å². The zero-order valence-corrected chi connectivity index (χ0v) is 9.91. The van der Waals surface area contributed by atoms with Gasteiger partial charge in [-0.15, -0.1) is 0 Å². The maximum atomic E-state index is 8.94. The Hall–Kier alpha value is -1.48. The van der Waals surface area contributed by atoms with E-state index in [2.05, 4.69) is 15.0 Å². The predicted molar refractivity (Wildman–Crippen MR) is 61.7 cm³/mol. The van der Waals surface area contributed by atoms with Gasteiger partial charge < -0.3 is 20.3 Å². The SMILES string of the molecule is Nc1nc(Cl)c2c(ncn2[C@H]2CO[C@@H](CO)O2)n1. The Labute approximate surface area is 106 Å². The van der Waals surface area contributed by atoms with E-state index in [1.54, 1.807) is 4.57 Å². The van der Waals surface area contributed by atoms with E-state index in [1.165, 1.54) is 6.33 Å². The molecule has 1 aliphatic heterocycles. The van der Waals surface area contributed by atoms with Crippen molar-refractivity contribution >= 4 is 28.7 Å². The molecule has 0 radical (unpaired) electrons. The summed E-state index contributed by atoms with van der Waals surface area (Å²) in [5.74, 6) is 0.0644. The average Bonchev–Trinajstić information content (AvgIpc) is 2.93. The van der Waals surface area contributed by atoms with E-state index in [-0.39, 0.29) is 24.3 Å². The van der Waals surface area contributed by atoms with Crippen LogP contribution >= 0.6 is 11.6 Å². The van der Waals surface area contributed by atoms with Crippen molar-refractivity contribution in [1.29, 1.82) is 0 Å². The highest BCUT2D eigenvalue weighted by Gasteiger charge is 2.28. The number of imidazole rings is 1. The molecule has 96 valence electrons. The zero-order chi connectivity index (χ0) is 12.7. The molecule has 0 aliphatic carbocycles. The van der Waals surface area contributed by atoms with Crippen LogP contribution in [0.1, 0.15) is 6.23 Å². The second-order valence-electron chi connectivity index (χ2n) is 3.73. The number of fused-ring (bicyclic) bond motifs is 1. The fraction of sp³-hybridized carbons (Fsp3) is 0.444. The first kappa shape index (κ1) is 11.6. The van der Waals surface area contributed by atoms with Gasteiger partial charge in [-0.3, -0.25) is 4.57 Å². The molecule has 2 atom stereocenters. The van der Waals surface area contributed by atoms with Crippen molar-refractivity contribution in [3.8, 4) is 0 Å². The molecule has 0 bridgehead atoms. The number of nitrogens with two attached hydrogens (primary N) is 1. The van der Waals surface area contributed by atoms with E-state index in [0.29, 0.717) is 11.2 Å². The summed E-state index contributed by atoms with van der Waals surface area (Å²) in [7, 11) is 0. The molecule has 1 fully saturated rings. The normalized spacial score (nSPS) is 23.9. The minimum Gasteiger partial charge on any atom is -0.391 e. The number of hydrogen-bond donors (Lipinski definition) is 2. The Morgan fingerprint density at radius 3 is 3.11 bits per heavy atom. The summed E-state index contributed by atoms with van der Waals surface area (Å²) in [6.07, 6.45) is 0.469. The lowest BCUT2D eigenvalue weighted by Crippen LogP contribution is -2.15. The highest BCUT2D eigenvalue weighted by molar-refractivity contribution is 6.33. The third kappa shape index (κ3) is 1.79. The number of nitrogens with zero attached hydrogens (tertiary/aromatic N) is 4. The van der Waals surface area contributed by atoms with Gasteiger partial charge in [0.05, 0.1) is 19.5 Å². The lowest BCUT2D eigenvalue weighted by Gasteiger charge is -2.12. The maximum absolute atomic E-state index is 8.94. The van der Waals surface area contributed by atoms with Crippen LogP contribution in [0.15, 0.2) is 6.33 Å². The number of ether oxygens (including phenoxy) is 2. The molecule has 0 unspecified atom stereocenters. The number of halogens is 1. The molecule has 8 nitrogen and oxygen atoms in total. The van der Waals surface area contributed by atoms with Crippen molar-refractivity contribution < 1.29 is 14.6 Å². The van der Waals surface area contributed by atoms with Crippen LogP contribution in [-0.4, -0.2) is 44.1 Å². The number of anilines is 1. The van der Waals surface area contributed by atoms with Gasteiger partial charge >= 0.3 is 0 Å². The molecule has 3 heterocycles. The number of nitrogen functional groups attached to an aromatic ring is 1. The summed E-state index contributed by atoms with van der Waals surface area (Å²) in [6.45, 7) is 0.0811. The third-order valence-corrected chi connectivity index (χ3v) is 2.86. The molecule has 2 aromatic rings. The lowest BCUT2D eigenvalue weighted by atomic mass is 10.5. The Balaban J connectivity index is 2.03. The van der Waals surface area contributed by atoms with Gasteiger partial charge in [0.15, 0.2) is 23.3 Å². The second kappa shape index (κ2) is 4.32. The van der Waals surface area contributed by atoms with Crippen molar-refractivity contribution in [3.63, 3.8) is 0 Å². The highest BCUT2D eigenvalue weighted by atomic mass is 35.5. The first-order valence-corrected chi connectivity index (χ1v) is 5.60. The van der Waals surface area contributed by atoms with Crippen LogP contribution in [0.5, 0.6) is 0 Å². The van der Waals surface area contributed by atoms with Crippen LogP contribution in [0.4, 0.5) is 5.95 Å². The van der Waals surface area contributed by atoms with E-state index in [0.717, 1.165) is 0 Å². The van der Waals surface area contributed by atoms with Gasteiger partial charge in [-0.1, -0.05) is 11.6 Å². The fourth-order valence-corrected chi connectivity index (χ4v) is 2.09. The summed E-state index contributed by atoms with van der Waals surface area (Å²) < 4.78 is 12.3. The minimum atomic E-state index is -0.638. The number of rotatable bonds is 2. The molecular weight excluding hydrogens is 262 g/mol. The van der Waals surface area contributed by atoms with Crippen molar-refractivity contribution in [3.05, 3.63) is 11.5 Å². The molecule has 2 aromatic heterocycles. The Morgan fingerprint density at radius 2 is 2.39 bits per heavy atom. The van der Waals surface area contributed by atoms with Crippen LogP contribution < -0.4 is 5.73 Å². The van der Waals surface area contributed by atoms with Crippen molar-refractivity contribution in [2.24, 2.45) is 0 Å². The molecule has 1 aliphatic rings. The van der Waals surface area contributed by atoms with Crippen molar-refractivity contribution in [2.45, 2.75) is 12.5 Å². The minimum absolute atomic E-state index is 0.0644. The second-order valence-corrected chi connectivity index (χ2v) is 4.09. The fourth-order valence-electron chi connectivity index (χ4n) is 1.82. The van der Waals surface area contributed by atoms with Crippen molar-refractivity contribution in [2.75, 3.05) is 18.9 Å². The van der Waals surface area contributed by atoms with Crippen LogP contribution in [0.3, 0.4) is 0 Å². The Morgan fingerprint density at radius 1 is 1.56 bits per heavy atom. The topological polar surface area (TPSA) is 108 Å². The van der Waals surface area contributed by atoms with Gasteiger partial charge in [0, 0.05) is 0 Å². The van der Waals surface area contributed by atoms with E-state index >= 15 is 0 Å². The van der Waals surface area contributed by atoms with Gasteiger partial charge in [0.1, 0.15) is 5.52 Å². The predicted octanol–water partition coefficient (Wildman–Crippen LogP) is -0.0743. The first-order valence-electron chi connectivity index (χ1n) is 5.22. The van der Waals surface area contributed by atoms with Gasteiger partial charge in [0.2, 0.25) is 5.95 Å². The summed E-state index contributed by atoms with van der Waals surface area (Å²) in [4.78, 5) is 11.9. The van der Waals surface area contributed by atoms with Crippen LogP contribution in [0, 0.1) is 0 Å². The first-order chi connectivity index (χ1) is 8.69. The van der Waals surface area contributed by atoms with Gasteiger partial charge in [0.25, 0.3) is 0 Å². The van der Waals surface area contributed by atoms with Gasteiger partial charge in [-0.25, -0.2) is 4.98 Å². The van der Waals surface area contributed by atoms with E-state index in [9.17, 15) is 0 Å². The Bertz CT molecular complexity index is 589. The third-order valence-electron chi connectivity index (χ3n) is 2.60. The molecule has 0 spiro atoms. The van der Waals surface area contributed by atoms with E-state index in [1.807, 2.05) is 0 Å². The molecule has 18 heavy (non-hydrogen) atoms. The number of aliphatic hydroxyl groups is 1. The maximum Gasteiger partial charge on any atom is 0.223 e. The average molecular weight is 272 g/mol. The molecule has 0 aromatic carbocycles.